The maximum atomic E-state index is 16.5. The van der Waals surface area contributed by atoms with Crippen LogP contribution in [0.1, 0.15) is 90.8 Å². The smallest absolute Gasteiger partial charge is 0.329 e. The molecule has 5 amide bonds. The Labute approximate surface area is 435 Å². The first-order valence-corrected chi connectivity index (χ1v) is 26.0. The predicted octanol–water partition coefficient (Wildman–Crippen LogP) is 6.59. The molecule has 10 rings (SSSR count). The highest BCUT2D eigenvalue weighted by Gasteiger charge is 2.50. The molecule has 4 atom stereocenters. The van der Waals surface area contributed by atoms with E-state index < -0.39 is 64.3 Å². The summed E-state index contributed by atoms with van der Waals surface area (Å²) in [6.45, 7) is 5.46. The SMILES string of the molecule is C[C@H]1c2c(cc(F)c(Cl)c2-c2c(C(N)=O)ccc(OCCO)c2F)O[C@]1(CN[C@H]1CC[C@@H](C(=O)N2CCC(CN3CCC(c4c(F)cc5c(N6CCC(=O)NC6=O)nn(C)c5c4F)CC3)CC2)NC1)c1ccccc1. The third-order valence-electron chi connectivity index (χ3n) is 16.0. The lowest BCUT2D eigenvalue weighted by Gasteiger charge is -2.40. The molecule has 6 heterocycles. The molecule has 0 bridgehead atoms. The monoisotopic (exact) mass is 1060 g/mol. The summed E-state index contributed by atoms with van der Waals surface area (Å²) >= 11 is 6.71. The summed E-state index contributed by atoms with van der Waals surface area (Å²) < 4.78 is 77.9. The Bertz CT molecular complexity index is 3030. The molecule has 0 saturated carbocycles. The van der Waals surface area contributed by atoms with Gasteiger partial charge in [0.05, 0.1) is 28.6 Å². The number of urea groups is 1. The van der Waals surface area contributed by atoms with Crippen LogP contribution in [-0.2, 0) is 22.2 Å². The number of nitrogens with two attached hydrogens (primary N) is 1. The number of likely N-dealkylation sites (tertiary alicyclic amines) is 2. The van der Waals surface area contributed by atoms with Gasteiger partial charge >= 0.3 is 6.03 Å². The number of nitrogens with one attached hydrogen (secondary N) is 3. The van der Waals surface area contributed by atoms with Gasteiger partial charge in [-0.25, -0.2) is 22.4 Å². The number of halogens is 5. The number of carbonyl (C=O) groups excluding carboxylic acids is 4. The molecule has 1 aromatic heterocycles. The van der Waals surface area contributed by atoms with E-state index in [4.69, 9.17) is 26.8 Å². The van der Waals surface area contributed by atoms with Gasteiger partial charge in [-0.1, -0.05) is 48.9 Å². The Morgan fingerprint density at radius 1 is 0.933 bits per heavy atom. The number of aliphatic hydroxyl groups is 1. The average molecular weight is 1060 g/mol. The quantitative estimate of drug-likeness (QED) is 0.0754. The van der Waals surface area contributed by atoms with E-state index in [1.807, 2.05) is 42.2 Å². The molecule has 4 saturated heterocycles. The molecule has 0 unspecified atom stereocenters. The minimum Gasteiger partial charge on any atom is -0.488 e. The first-order valence-electron chi connectivity index (χ1n) is 25.6. The number of aromatic nitrogens is 2. The van der Waals surface area contributed by atoms with Crippen molar-refractivity contribution in [1.29, 1.82) is 0 Å². The van der Waals surface area contributed by atoms with E-state index in [1.54, 1.807) is 7.05 Å². The number of imide groups is 1. The predicted molar refractivity (Wildman–Crippen MR) is 272 cm³/mol. The molecule has 5 aromatic rings. The van der Waals surface area contributed by atoms with Gasteiger partial charge < -0.3 is 40.7 Å². The van der Waals surface area contributed by atoms with E-state index in [0.717, 1.165) is 24.9 Å². The van der Waals surface area contributed by atoms with Crippen LogP contribution < -0.4 is 36.1 Å². The number of carbonyl (C=O) groups is 4. The number of rotatable bonds is 14. The number of hydrogen-bond acceptors (Lipinski definition) is 11. The number of amides is 5. The number of nitrogens with zero attached hydrogens (tertiary/aromatic N) is 5. The van der Waals surface area contributed by atoms with E-state index >= 15 is 17.6 Å². The molecule has 398 valence electrons. The average Bonchev–Trinajstić information content (AvgIpc) is 3.88. The Hall–Kier alpha value is -6.32. The normalized spacial score (nSPS) is 22.9. The number of piperidine rings is 3. The Morgan fingerprint density at radius 3 is 2.36 bits per heavy atom. The van der Waals surface area contributed by atoms with Gasteiger partial charge in [0.2, 0.25) is 17.7 Å². The van der Waals surface area contributed by atoms with Gasteiger partial charge in [-0.15, -0.1) is 0 Å². The number of benzene rings is 4. The number of fused-ring (bicyclic) bond motifs is 2. The second kappa shape index (κ2) is 21.4. The van der Waals surface area contributed by atoms with Gasteiger partial charge in [0, 0.05) is 93.0 Å². The number of anilines is 1. The van der Waals surface area contributed by atoms with Crippen LogP contribution in [0.25, 0.3) is 22.0 Å². The topological polar surface area (TPSA) is 197 Å². The molecule has 6 N–H and O–H groups in total. The fraction of sp³-hybridized carbons (Fsp3) is 0.463. The summed E-state index contributed by atoms with van der Waals surface area (Å²) in [6.07, 6.45) is 4.14. The van der Waals surface area contributed by atoms with Crippen molar-refractivity contribution in [3.63, 3.8) is 0 Å². The van der Waals surface area contributed by atoms with Crippen LogP contribution in [0.2, 0.25) is 5.02 Å². The van der Waals surface area contributed by atoms with Crippen molar-refractivity contribution in [3.05, 3.63) is 105 Å². The molecule has 5 aliphatic rings. The number of ether oxygens (including phenoxy) is 2. The van der Waals surface area contributed by atoms with Gasteiger partial charge in [0.15, 0.2) is 28.8 Å². The lowest BCUT2D eigenvalue weighted by atomic mass is 9.77. The molecule has 4 aromatic carbocycles. The van der Waals surface area contributed by atoms with Crippen molar-refractivity contribution in [2.75, 3.05) is 70.5 Å². The standard InChI is InChI=1S/C54H60ClF4N9O7/c1-29-42-40(25-37(57)46(55)45(42)44-34(50(60)71)9-11-39(47(44)58)74-23-22-69)75-54(29,32-6-4-3-5-7-32)28-62-33-8-10-38(61-26-33)52(72)67-19-12-30(13-20-67)27-66-17-14-31(15-18-66)43-36(56)24-35-49(48(43)59)65(2)64-51(35)68-21-16-41(70)63-53(68)73/h3-7,9,11,24-25,29-31,33,38,61-62,69H,8,10,12-23,26-28H2,1-2H3,(H2,60,71)(H,63,70,73)/t29-,33-,38-,54-/m0/s1. The van der Waals surface area contributed by atoms with Gasteiger partial charge in [-0.2, -0.15) is 5.10 Å². The van der Waals surface area contributed by atoms with Crippen molar-refractivity contribution in [3.8, 4) is 22.6 Å². The summed E-state index contributed by atoms with van der Waals surface area (Å²) in [5.74, 6) is -5.18. The number of hydrogen-bond donors (Lipinski definition) is 5. The summed E-state index contributed by atoms with van der Waals surface area (Å²) in [6, 6.07) is 13.2. The van der Waals surface area contributed by atoms with Crippen LogP contribution in [-0.4, -0.2) is 126 Å². The highest BCUT2D eigenvalue weighted by atomic mass is 35.5. The zero-order chi connectivity index (χ0) is 52.9. The first kappa shape index (κ1) is 52.1. The molecule has 4 fully saturated rings. The first-order chi connectivity index (χ1) is 36.1. The largest absolute Gasteiger partial charge is 0.488 e. The lowest BCUT2D eigenvalue weighted by molar-refractivity contribution is -0.135. The van der Waals surface area contributed by atoms with Crippen LogP contribution in [0, 0.1) is 29.2 Å². The number of aliphatic hydroxyl groups excluding tert-OH is 1. The maximum absolute atomic E-state index is 16.5. The molecule has 0 radical (unpaired) electrons. The fourth-order valence-electron chi connectivity index (χ4n) is 12.0. The molecule has 21 heteroatoms. The van der Waals surface area contributed by atoms with E-state index in [1.165, 1.54) is 33.8 Å². The van der Waals surface area contributed by atoms with Crippen LogP contribution in [0.5, 0.6) is 11.5 Å². The Morgan fingerprint density at radius 2 is 1.68 bits per heavy atom. The van der Waals surface area contributed by atoms with Crippen LogP contribution >= 0.6 is 11.6 Å². The molecule has 0 spiro atoms. The highest BCUT2D eigenvalue weighted by molar-refractivity contribution is 6.34. The third-order valence-corrected chi connectivity index (χ3v) is 16.4. The number of primary amides is 1. The summed E-state index contributed by atoms with van der Waals surface area (Å²) in [7, 11) is 1.55. The second-order valence-corrected chi connectivity index (χ2v) is 20.8. The zero-order valence-electron chi connectivity index (χ0n) is 41.7. The second-order valence-electron chi connectivity index (χ2n) is 20.4. The summed E-state index contributed by atoms with van der Waals surface area (Å²) in [4.78, 5) is 56.5. The van der Waals surface area contributed by atoms with Gasteiger partial charge in [0.1, 0.15) is 29.5 Å². The van der Waals surface area contributed by atoms with Crippen LogP contribution in [0.4, 0.5) is 28.2 Å². The third kappa shape index (κ3) is 9.79. The number of aryl methyl sites for hydroxylation is 1. The molecular formula is C54H60ClF4N9O7. The molecule has 5 aliphatic heterocycles. The molecule has 0 aliphatic carbocycles. The highest BCUT2D eigenvalue weighted by Crippen LogP contribution is 2.56. The van der Waals surface area contributed by atoms with E-state index in [0.29, 0.717) is 69.9 Å². The van der Waals surface area contributed by atoms with Crippen molar-refractivity contribution in [2.24, 2.45) is 18.7 Å². The zero-order valence-corrected chi connectivity index (χ0v) is 42.5. The van der Waals surface area contributed by atoms with Crippen molar-refractivity contribution in [1.82, 2.24) is 35.5 Å². The summed E-state index contributed by atoms with van der Waals surface area (Å²) in [5.41, 5.74) is 5.21. The lowest BCUT2D eigenvalue weighted by Crippen LogP contribution is -2.57. The van der Waals surface area contributed by atoms with Gasteiger partial charge in [-0.05, 0) is 87.2 Å². The van der Waals surface area contributed by atoms with E-state index in [-0.39, 0.29) is 100 Å². The van der Waals surface area contributed by atoms with Crippen molar-refractivity contribution in [2.45, 2.75) is 81.4 Å². The van der Waals surface area contributed by atoms with Crippen LogP contribution in [0.3, 0.4) is 0 Å². The molecule has 16 nitrogen and oxygen atoms in total. The van der Waals surface area contributed by atoms with Gasteiger partial charge in [-0.3, -0.25) is 29.3 Å². The van der Waals surface area contributed by atoms with Crippen LogP contribution in [0.15, 0.2) is 54.6 Å². The van der Waals surface area contributed by atoms with E-state index in [2.05, 4.69) is 25.9 Å². The van der Waals surface area contributed by atoms with Crippen molar-refractivity contribution >= 4 is 52.1 Å². The molecule has 75 heavy (non-hydrogen) atoms. The maximum Gasteiger partial charge on any atom is 0.329 e. The Kier molecular flexibility index (Phi) is 14.9. The van der Waals surface area contributed by atoms with Gasteiger partial charge in [0.25, 0.3) is 0 Å². The van der Waals surface area contributed by atoms with E-state index in [9.17, 15) is 24.3 Å². The fourth-order valence-corrected chi connectivity index (χ4v) is 12.3. The summed E-state index contributed by atoms with van der Waals surface area (Å²) in [5, 5.41) is 22.8. The molecular weight excluding hydrogens is 998 g/mol. The minimum atomic E-state index is -1.16. The van der Waals surface area contributed by atoms with Crippen molar-refractivity contribution < 1.29 is 51.3 Å². The minimum absolute atomic E-state index is 0.0316. The Balaban J connectivity index is 0.739.